The number of nitrogens with zero attached hydrogens (tertiary/aromatic N) is 3. The molecule has 0 saturated heterocycles. The highest BCUT2D eigenvalue weighted by molar-refractivity contribution is 5.75. The molecule has 6 heteroatoms. The number of aromatic nitrogens is 4. The highest BCUT2D eigenvalue weighted by Gasteiger charge is 2.22. The van der Waals surface area contributed by atoms with E-state index in [0.29, 0.717) is 17.6 Å². The van der Waals surface area contributed by atoms with Crippen molar-refractivity contribution >= 4 is 17.1 Å². The quantitative estimate of drug-likeness (QED) is 0.847. The molecule has 1 aliphatic carbocycles. The summed E-state index contributed by atoms with van der Waals surface area (Å²) in [4.78, 5) is 15.9. The molecule has 0 bridgehead atoms. The molecule has 2 heterocycles. The third kappa shape index (κ3) is 1.87. The van der Waals surface area contributed by atoms with E-state index in [1.807, 2.05) is 0 Å². The highest BCUT2D eigenvalue weighted by Crippen LogP contribution is 2.34. The Labute approximate surface area is 105 Å². The first-order valence-corrected chi connectivity index (χ1v) is 6.35. The van der Waals surface area contributed by atoms with Gasteiger partial charge in [-0.15, -0.1) is 0 Å². The summed E-state index contributed by atoms with van der Waals surface area (Å²) in [5, 5.41) is 0. The summed E-state index contributed by atoms with van der Waals surface area (Å²) >= 11 is 0. The van der Waals surface area contributed by atoms with E-state index in [2.05, 4.69) is 19.9 Å². The lowest BCUT2D eigenvalue weighted by Crippen LogP contribution is -2.09. The number of nitrogen functional groups attached to an aromatic ring is 1. The highest BCUT2D eigenvalue weighted by atomic mass is 16.5. The zero-order valence-electron chi connectivity index (χ0n) is 10.4. The van der Waals surface area contributed by atoms with Gasteiger partial charge in [-0.1, -0.05) is 19.3 Å². The maximum absolute atomic E-state index is 5.77. The van der Waals surface area contributed by atoms with Crippen LogP contribution in [0.2, 0.25) is 0 Å². The van der Waals surface area contributed by atoms with Crippen LogP contribution in [0.3, 0.4) is 0 Å². The number of imidazole rings is 1. The van der Waals surface area contributed by atoms with E-state index in [9.17, 15) is 0 Å². The van der Waals surface area contributed by atoms with Gasteiger partial charge in [0, 0.05) is 5.92 Å². The smallest absolute Gasteiger partial charge is 0.295 e. The van der Waals surface area contributed by atoms with Gasteiger partial charge in [0.2, 0.25) is 5.95 Å². The molecule has 0 spiro atoms. The molecule has 1 saturated carbocycles. The summed E-state index contributed by atoms with van der Waals surface area (Å²) in [6.45, 7) is 0. The summed E-state index contributed by atoms with van der Waals surface area (Å²) in [5.74, 6) is 0.744. The Morgan fingerprint density at radius 1 is 1.17 bits per heavy atom. The fourth-order valence-corrected chi connectivity index (χ4v) is 2.68. The lowest BCUT2D eigenvalue weighted by Gasteiger charge is -2.21. The standard InChI is InChI=1S/C12H17N5O/c1-18-12-15-9-8(7-5-3-2-4-6-7)14-11(13)16-10(9)17-12/h7H,2-6H2,1H3,(H3,13,14,15,16,17). The fourth-order valence-electron chi connectivity index (χ4n) is 2.68. The van der Waals surface area contributed by atoms with Crippen LogP contribution in [0.1, 0.15) is 43.7 Å². The van der Waals surface area contributed by atoms with Crippen molar-refractivity contribution < 1.29 is 4.74 Å². The van der Waals surface area contributed by atoms with Crippen molar-refractivity contribution in [2.24, 2.45) is 0 Å². The number of anilines is 1. The molecule has 0 amide bonds. The largest absolute Gasteiger partial charge is 0.468 e. The van der Waals surface area contributed by atoms with Gasteiger partial charge in [-0.3, -0.25) is 0 Å². The summed E-state index contributed by atoms with van der Waals surface area (Å²) in [6, 6.07) is 0.460. The molecular weight excluding hydrogens is 230 g/mol. The number of rotatable bonds is 2. The minimum atomic E-state index is 0.289. The summed E-state index contributed by atoms with van der Waals surface area (Å²) in [7, 11) is 1.58. The Balaban J connectivity index is 2.10. The van der Waals surface area contributed by atoms with E-state index in [0.717, 1.165) is 24.1 Å². The van der Waals surface area contributed by atoms with Crippen LogP contribution in [0, 0.1) is 0 Å². The van der Waals surface area contributed by atoms with Crippen molar-refractivity contribution in [2.45, 2.75) is 38.0 Å². The Morgan fingerprint density at radius 3 is 2.67 bits per heavy atom. The molecule has 3 N–H and O–H groups in total. The number of hydrogen-bond acceptors (Lipinski definition) is 5. The van der Waals surface area contributed by atoms with Gasteiger partial charge >= 0.3 is 0 Å². The number of ether oxygens (including phenoxy) is 1. The first kappa shape index (κ1) is 11.3. The molecule has 3 rings (SSSR count). The number of aromatic amines is 1. The van der Waals surface area contributed by atoms with E-state index >= 15 is 0 Å². The van der Waals surface area contributed by atoms with Crippen molar-refractivity contribution in [2.75, 3.05) is 12.8 Å². The predicted molar refractivity (Wildman–Crippen MR) is 68.5 cm³/mol. The van der Waals surface area contributed by atoms with Gasteiger partial charge in [-0.2, -0.15) is 9.97 Å². The zero-order valence-corrected chi connectivity index (χ0v) is 10.4. The van der Waals surface area contributed by atoms with Crippen molar-refractivity contribution in [1.82, 2.24) is 19.9 Å². The number of methoxy groups -OCH3 is 1. The predicted octanol–water partition coefficient (Wildman–Crippen LogP) is 1.99. The van der Waals surface area contributed by atoms with Crippen LogP contribution in [0.5, 0.6) is 6.01 Å². The van der Waals surface area contributed by atoms with Crippen LogP contribution in [0.4, 0.5) is 5.95 Å². The van der Waals surface area contributed by atoms with Crippen molar-refractivity contribution in [3.63, 3.8) is 0 Å². The first-order valence-electron chi connectivity index (χ1n) is 6.35. The summed E-state index contributed by atoms with van der Waals surface area (Å²) in [6.07, 6.45) is 6.13. The van der Waals surface area contributed by atoms with Crippen molar-refractivity contribution in [1.29, 1.82) is 0 Å². The number of H-pyrrole nitrogens is 1. The molecule has 6 nitrogen and oxygen atoms in total. The van der Waals surface area contributed by atoms with Crippen LogP contribution in [-0.4, -0.2) is 27.0 Å². The SMILES string of the molecule is COc1nc2nc(N)nc(C3CCCCC3)c2[nH]1. The molecule has 2 aromatic rings. The molecule has 2 aromatic heterocycles. The topological polar surface area (TPSA) is 89.7 Å². The Morgan fingerprint density at radius 2 is 1.94 bits per heavy atom. The third-order valence-electron chi connectivity index (χ3n) is 3.56. The molecule has 0 unspecified atom stereocenters. The van der Waals surface area contributed by atoms with E-state index in [-0.39, 0.29) is 5.95 Å². The molecule has 18 heavy (non-hydrogen) atoms. The molecule has 1 fully saturated rings. The second-order valence-electron chi connectivity index (χ2n) is 4.75. The summed E-state index contributed by atoms with van der Waals surface area (Å²) < 4.78 is 5.11. The molecule has 96 valence electrons. The van der Waals surface area contributed by atoms with Crippen molar-refractivity contribution in [3.8, 4) is 6.01 Å². The van der Waals surface area contributed by atoms with Gasteiger partial charge in [0.1, 0.15) is 5.52 Å². The first-order chi connectivity index (χ1) is 8.78. The van der Waals surface area contributed by atoms with Gasteiger partial charge in [0.05, 0.1) is 12.8 Å². The third-order valence-corrected chi connectivity index (χ3v) is 3.56. The monoisotopic (exact) mass is 247 g/mol. The number of nitrogens with one attached hydrogen (secondary N) is 1. The minimum absolute atomic E-state index is 0.289. The molecule has 0 aromatic carbocycles. The number of hydrogen-bond donors (Lipinski definition) is 2. The van der Waals surface area contributed by atoms with Gasteiger partial charge in [0.25, 0.3) is 6.01 Å². The molecule has 0 atom stereocenters. The van der Waals surface area contributed by atoms with Gasteiger partial charge < -0.3 is 15.5 Å². The molecule has 1 aliphatic rings. The second-order valence-corrected chi connectivity index (χ2v) is 4.75. The Bertz CT molecular complexity index is 559. The zero-order chi connectivity index (χ0) is 12.5. The van der Waals surface area contributed by atoms with Gasteiger partial charge in [-0.05, 0) is 12.8 Å². The second kappa shape index (κ2) is 4.44. The van der Waals surface area contributed by atoms with Crippen LogP contribution < -0.4 is 10.5 Å². The van der Waals surface area contributed by atoms with Crippen LogP contribution >= 0.6 is 0 Å². The molecular formula is C12H17N5O. The van der Waals surface area contributed by atoms with E-state index in [1.54, 1.807) is 7.11 Å². The number of fused-ring (bicyclic) bond motifs is 1. The lowest BCUT2D eigenvalue weighted by molar-refractivity contribution is 0.385. The Kier molecular flexibility index (Phi) is 2.77. The van der Waals surface area contributed by atoms with Crippen molar-refractivity contribution in [3.05, 3.63) is 5.69 Å². The van der Waals surface area contributed by atoms with Crippen LogP contribution in [0.15, 0.2) is 0 Å². The summed E-state index contributed by atoms with van der Waals surface area (Å²) in [5.41, 5.74) is 8.22. The molecule has 0 aliphatic heterocycles. The number of nitrogens with two attached hydrogens (primary N) is 1. The minimum Gasteiger partial charge on any atom is -0.468 e. The fraction of sp³-hybridized carbons (Fsp3) is 0.583. The average Bonchev–Trinajstić information content (AvgIpc) is 2.81. The van der Waals surface area contributed by atoms with E-state index < -0.39 is 0 Å². The Hall–Kier alpha value is -1.85. The van der Waals surface area contributed by atoms with Gasteiger partial charge in [-0.25, -0.2) is 4.98 Å². The normalized spacial score (nSPS) is 17.2. The van der Waals surface area contributed by atoms with Crippen LogP contribution in [-0.2, 0) is 0 Å². The van der Waals surface area contributed by atoms with Gasteiger partial charge in [0.15, 0.2) is 5.65 Å². The van der Waals surface area contributed by atoms with Crippen LogP contribution in [0.25, 0.3) is 11.2 Å². The average molecular weight is 247 g/mol. The molecule has 0 radical (unpaired) electrons. The van der Waals surface area contributed by atoms with E-state index in [1.165, 1.54) is 19.3 Å². The maximum Gasteiger partial charge on any atom is 0.295 e. The lowest BCUT2D eigenvalue weighted by atomic mass is 9.86. The van der Waals surface area contributed by atoms with E-state index in [4.69, 9.17) is 10.5 Å². The maximum atomic E-state index is 5.77.